The Balaban J connectivity index is 0.0000000865. The van der Waals surface area contributed by atoms with Gasteiger partial charge in [0, 0.05) is 24.7 Å². The Morgan fingerprint density at radius 3 is 0.757 bits per heavy atom. The van der Waals surface area contributed by atoms with Gasteiger partial charge >= 0.3 is 119 Å². The number of rotatable bonds is 0. The van der Waals surface area contributed by atoms with Crippen LogP contribution in [0.2, 0.25) is 0 Å². The third kappa shape index (κ3) is 8.74. The summed E-state index contributed by atoms with van der Waals surface area (Å²) in [5.74, 6) is -13.2. The van der Waals surface area contributed by atoms with Crippen LogP contribution in [0, 0.1) is 237 Å². The van der Waals surface area contributed by atoms with Gasteiger partial charge in [0.2, 0.25) is 0 Å². The maximum atomic E-state index is 12.5. The quantitative estimate of drug-likeness (QED) is 0.145. The van der Waals surface area contributed by atoms with Gasteiger partial charge in [-0.2, -0.15) is 0 Å². The molecule has 0 amide bonds. The monoisotopic (exact) mass is 1480 g/mol. The van der Waals surface area contributed by atoms with Crippen LogP contribution < -0.4 is 0 Å². The maximum absolute atomic E-state index is 12.5. The van der Waals surface area contributed by atoms with E-state index in [1.165, 1.54) is 0 Å². The summed E-state index contributed by atoms with van der Waals surface area (Å²) in [5.41, 5.74) is 0. The second kappa shape index (κ2) is 22.9. The molecule has 0 aromatic rings. The number of carbonyl (C=O) groups is 20. The molecule has 29 fully saturated rings. The van der Waals surface area contributed by atoms with Gasteiger partial charge in [0.1, 0.15) is 0 Å². The molecule has 14 bridgehead atoms. The van der Waals surface area contributed by atoms with Crippen molar-refractivity contribution >= 4 is 119 Å². The first-order chi connectivity index (χ1) is 51.4. The van der Waals surface area contributed by atoms with Crippen LogP contribution >= 0.6 is 0 Å². The lowest BCUT2D eigenvalue weighted by Crippen LogP contribution is -2.65. The van der Waals surface area contributed by atoms with Gasteiger partial charge in [-0.1, -0.05) is 12.2 Å². The Morgan fingerprint density at radius 1 is 0.178 bits per heavy atom. The van der Waals surface area contributed by atoms with Gasteiger partial charge < -0.3 is 47.4 Å². The van der Waals surface area contributed by atoms with Gasteiger partial charge in [-0.25, -0.2) is 0 Å². The molecule has 107 heavy (non-hydrogen) atoms. The molecule has 0 spiro atoms. The van der Waals surface area contributed by atoms with Crippen LogP contribution in [0.3, 0.4) is 0 Å². The number of cyclic esters (lactones) is 20. The number of carbonyl (C=O) groups excluding carboxylic acids is 20. The molecule has 36 atom stereocenters. The summed E-state index contributed by atoms with van der Waals surface area (Å²) < 4.78 is 48.1. The van der Waals surface area contributed by atoms with E-state index in [1.54, 1.807) is 12.2 Å². The minimum absolute atomic E-state index is 0.0138. The third-order valence-corrected chi connectivity index (χ3v) is 33.0. The van der Waals surface area contributed by atoms with Crippen molar-refractivity contribution in [2.24, 2.45) is 237 Å². The first-order valence-corrected chi connectivity index (χ1v) is 38.6. The molecule has 0 aromatic carbocycles. The van der Waals surface area contributed by atoms with Gasteiger partial charge in [0.15, 0.2) is 0 Å². The predicted octanol–water partition coefficient (Wildman–Crippen LogP) is 2.03. The Morgan fingerprint density at radius 2 is 0.402 bits per heavy atom. The predicted molar refractivity (Wildman–Crippen MR) is 329 cm³/mol. The highest BCUT2D eigenvalue weighted by Gasteiger charge is 2.77. The molecule has 10 aliphatic heterocycles. The van der Waals surface area contributed by atoms with Crippen molar-refractivity contribution in [2.45, 2.75) is 96.3 Å². The molecule has 10 heterocycles. The summed E-state index contributed by atoms with van der Waals surface area (Å²) in [5, 5.41) is 0. The van der Waals surface area contributed by atoms with E-state index in [0.717, 1.165) is 70.6 Å². The number of hydrogen-bond donors (Lipinski definition) is 0. The fraction of sp³-hybridized carbons (Fsp3) is 0.714. The van der Waals surface area contributed by atoms with E-state index in [1.807, 2.05) is 0 Å². The lowest BCUT2D eigenvalue weighted by atomic mass is 9.37. The van der Waals surface area contributed by atoms with Crippen molar-refractivity contribution in [1.29, 1.82) is 0 Å². The van der Waals surface area contributed by atoms with E-state index in [2.05, 4.69) is 18.9 Å². The first-order valence-electron chi connectivity index (χ1n) is 38.6. The SMILES string of the molecule is O=C1CC2C(CC3C(=O)OC(=O)C32)C(=O)O1.O=C1CC2C3CC(C2C(=O)O1)C1C2CCC(C4C(=O)OC(=O)C24)C31.O=C1CC2C3CCC(C2C(=O)O1)C1C2CCC(C4C(=O)OC(=O)C24)C31.O=C1OC(=O)C2C3C=CC(C12)C1C(=O)OC(=O)C31.O=C1OC(=O)C2C3CCC(C12)C1C2CCC(C4C(=O)OC(=O)C24)C31. The molecule has 36 unspecified atom stereocenters. The largest absolute Gasteiger partial charge is 0.393 e. The number of allylic oxidation sites excluding steroid dienone is 2. The fourth-order valence-corrected chi connectivity index (χ4v) is 30.6. The highest BCUT2D eigenvalue weighted by atomic mass is 16.6. The van der Waals surface area contributed by atoms with Gasteiger partial charge in [0.05, 0.1) is 107 Å². The smallest absolute Gasteiger partial charge is 0.318 e. The first kappa shape index (κ1) is 66.4. The zero-order chi connectivity index (χ0) is 73.7. The Kier molecular flexibility index (Phi) is 14.2. The van der Waals surface area contributed by atoms with Crippen molar-refractivity contribution in [3.63, 3.8) is 0 Å². The molecule has 31 aliphatic rings. The summed E-state index contributed by atoms with van der Waals surface area (Å²) >= 11 is 0. The van der Waals surface area contributed by atoms with Crippen LogP contribution in [0.1, 0.15) is 96.3 Å². The highest BCUT2D eigenvalue weighted by molar-refractivity contribution is 6.05. The molecule has 21 aliphatic carbocycles. The van der Waals surface area contributed by atoms with Crippen molar-refractivity contribution in [2.75, 3.05) is 0 Å². The van der Waals surface area contributed by atoms with E-state index in [0.29, 0.717) is 48.3 Å². The lowest BCUT2D eigenvalue weighted by molar-refractivity contribution is -0.216. The topological polar surface area (TPSA) is 434 Å². The minimum Gasteiger partial charge on any atom is -0.393 e. The number of ether oxygens (including phenoxy) is 10. The molecule has 19 saturated carbocycles. The number of fused-ring (bicyclic) bond motifs is 13. The number of hydrogen-bond acceptors (Lipinski definition) is 30. The molecular formula is C77H72O30. The van der Waals surface area contributed by atoms with E-state index in [-0.39, 0.29) is 215 Å². The molecule has 30 heteroatoms. The maximum Gasteiger partial charge on any atom is 0.318 e. The summed E-state index contributed by atoms with van der Waals surface area (Å²) in [4.78, 5) is 238. The zero-order valence-electron chi connectivity index (χ0n) is 57.1. The van der Waals surface area contributed by atoms with Crippen LogP contribution in [-0.4, -0.2) is 119 Å². The molecule has 30 nitrogen and oxygen atoms in total. The zero-order valence-corrected chi connectivity index (χ0v) is 57.1. The summed E-state index contributed by atoms with van der Waals surface area (Å²) in [6.07, 6.45) is 14.9. The number of esters is 20. The van der Waals surface area contributed by atoms with Gasteiger partial charge in [0.25, 0.3) is 0 Å². The Bertz CT molecular complexity index is 4160. The van der Waals surface area contributed by atoms with Crippen molar-refractivity contribution in [3.8, 4) is 0 Å². The third-order valence-electron chi connectivity index (χ3n) is 33.0. The van der Waals surface area contributed by atoms with Gasteiger partial charge in [-0.05, 0) is 201 Å². The minimum atomic E-state index is -0.632. The average molecular weight is 1480 g/mol. The normalized spacial score (nSPS) is 52.6. The van der Waals surface area contributed by atoms with E-state index < -0.39 is 119 Å². The molecule has 31 rings (SSSR count). The highest BCUT2D eigenvalue weighted by Crippen LogP contribution is 2.75. The Labute approximate surface area is 605 Å². The average Bonchev–Trinajstić information content (AvgIpc) is 1.62. The molecule has 0 radical (unpaired) electrons. The second-order valence-corrected chi connectivity index (χ2v) is 35.6. The van der Waals surface area contributed by atoms with Crippen molar-refractivity contribution in [1.82, 2.24) is 0 Å². The molecular weight excluding hydrogens is 1400 g/mol. The molecule has 560 valence electrons. The van der Waals surface area contributed by atoms with E-state index in [9.17, 15) is 95.9 Å². The molecule has 10 saturated heterocycles. The molecule has 0 aromatic heterocycles. The van der Waals surface area contributed by atoms with Crippen LogP contribution in [0.4, 0.5) is 0 Å². The van der Waals surface area contributed by atoms with E-state index >= 15 is 0 Å². The molecule has 0 N–H and O–H groups in total. The van der Waals surface area contributed by atoms with Crippen molar-refractivity contribution in [3.05, 3.63) is 12.2 Å². The second-order valence-electron chi connectivity index (χ2n) is 35.6. The standard InChI is InChI=1S/C19H20O6.2C18H18O6.C12H8O6.C10H8O6/c20-11-5-10-6-1-2-7(14(10)17(21)24-11)13-9-4-3-8(12(6)13)15-16(9)19(23)25-18(15)22;19-10-4-8-7-3-9(13(8)16(20)23-10)12-6-2-1-5(11(7)12)14-15(6)18(22)24-17(14)21;19-15-11-5-1-2-6(12(11)16(20)23-15)10-8-4-3-7(9(5)10)13-14(8)18(22)24-17(13)21;13-9-5-3-1-2-4(7(5)11(15)17-9)8-6(3)10(14)18-12(8)16;11-6-2-3-4(8(12)15-6)1-5-7(3)10(14)16-9(5)13/h6-10,12-16H,1-5H2;5-9,11-15H,1-4H2;5-14H,1-4H2;1-8H;3-5,7H,1-2H2. The summed E-state index contributed by atoms with van der Waals surface area (Å²) in [6.45, 7) is 0. The van der Waals surface area contributed by atoms with Gasteiger partial charge in [-0.15, -0.1) is 0 Å². The van der Waals surface area contributed by atoms with Crippen LogP contribution in [-0.2, 0) is 143 Å². The van der Waals surface area contributed by atoms with Crippen molar-refractivity contribution < 1.29 is 143 Å². The van der Waals surface area contributed by atoms with E-state index in [4.69, 9.17) is 28.4 Å². The van der Waals surface area contributed by atoms with Gasteiger partial charge in [-0.3, -0.25) is 95.9 Å². The van der Waals surface area contributed by atoms with Crippen LogP contribution in [0.25, 0.3) is 0 Å². The fourth-order valence-electron chi connectivity index (χ4n) is 30.6. The summed E-state index contributed by atoms with van der Waals surface area (Å²) in [6, 6.07) is 0. The summed E-state index contributed by atoms with van der Waals surface area (Å²) in [7, 11) is 0. The Hall–Kier alpha value is -8.86. The van der Waals surface area contributed by atoms with Crippen LogP contribution in [0.15, 0.2) is 12.2 Å². The van der Waals surface area contributed by atoms with Crippen LogP contribution in [0.5, 0.6) is 0 Å². The lowest BCUT2D eigenvalue weighted by Gasteiger charge is -2.66.